The largest absolute Gasteiger partial charge is 0.379 e. The summed E-state index contributed by atoms with van der Waals surface area (Å²) in [4.78, 5) is 15.5. The van der Waals surface area contributed by atoms with Crippen molar-refractivity contribution in [2.24, 2.45) is 7.05 Å². The summed E-state index contributed by atoms with van der Waals surface area (Å²) in [5, 5.41) is 7.22. The highest BCUT2D eigenvalue weighted by Crippen LogP contribution is 2.30. The van der Waals surface area contributed by atoms with Gasteiger partial charge in [-0.25, -0.2) is 0 Å². The number of morpholine rings is 1. The summed E-state index contributed by atoms with van der Waals surface area (Å²) < 4.78 is 7.73. The Balaban J connectivity index is 1.57. The minimum atomic E-state index is -0.150. The molecule has 2 aromatic rings. The lowest BCUT2D eigenvalue weighted by Gasteiger charge is -2.26. The number of thiophene rings is 1. The normalized spacial score (nSPS) is 15.7. The number of halogens is 1. The van der Waals surface area contributed by atoms with E-state index in [1.54, 1.807) is 10.7 Å². The fourth-order valence-corrected chi connectivity index (χ4v) is 3.59. The van der Waals surface area contributed by atoms with Gasteiger partial charge in [0.25, 0.3) is 5.91 Å². The molecule has 1 amide bonds. The molecule has 8 heteroatoms. The smallest absolute Gasteiger partial charge is 0.271 e. The Hall–Kier alpha value is -1.41. The van der Waals surface area contributed by atoms with Crippen LogP contribution >= 0.6 is 22.9 Å². The van der Waals surface area contributed by atoms with Crippen molar-refractivity contribution < 1.29 is 9.53 Å². The maximum absolute atomic E-state index is 12.2. The second-order valence-electron chi connectivity index (χ2n) is 5.35. The van der Waals surface area contributed by atoms with Gasteiger partial charge >= 0.3 is 0 Å². The number of hydrogen-bond acceptors (Lipinski definition) is 5. The molecular formula is C15H19ClN4O2S. The van der Waals surface area contributed by atoms with Crippen molar-refractivity contribution in [1.82, 2.24) is 20.0 Å². The Morgan fingerprint density at radius 2 is 2.22 bits per heavy atom. The summed E-state index contributed by atoms with van der Waals surface area (Å²) in [6.07, 6.45) is 0. The summed E-state index contributed by atoms with van der Waals surface area (Å²) >= 11 is 7.44. The Kier molecular flexibility index (Phi) is 5.32. The van der Waals surface area contributed by atoms with E-state index in [-0.39, 0.29) is 5.91 Å². The van der Waals surface area contributed by atoms with E-state index in [4.69, 9.17) is 16.3 Å². The zero-order chi connectivity index (χ0) is 16.2. The van der Waals surface area contributed by atoms with E-state index in [0.717, 1.165) is 47.8 Å². The molecule has 1 N–H and O–H groups in total. The summed E-state index contributed by atoms with van der Waals surface area (Å²) in [5.74, 6) is -0.150. The average Bonchev–Trinajstić information content (AvgIpc) is 3.14. The molecule has 124 valence electrons. The summed E-state index contributed by atoms with van der Waals surface area (Å²) in [7, 11) is 1.83. The molecule has 1 aliphatic rings. The second kappa shape index (κ2) is 7.44. The molecule has 2 aromatic heterocycles. The van der Waals surface area contributed by atoms with Gasteiger partial charge in [-0.3, -0.25) is 14.4 Å². The number of nitrogens with one attached hydrogen (secondary N) is 1. The number of amides is 1. The van der Waals surface area contributed by atoms with Gasteiger partial charge in [0.05, 0.1) is 28.1 Å². The third kappa shape index (κ3) is 4.11. The van der Waals surface area contributed by atoms with Crippen LogP contribution in [0.1, 0.15) is 10.5 Å². The molecule has 0 saturated carbocycles. The molecular weight excluding hydrogens is 336 g/mol. The molecule has 3 rings (SSSR count). The predicted molar refractivity (Wildman–Crippen MR) is 91.1 cm³/mol. The molecule has 3 heterocycles. The van der Waals surface area contributed by atoms with E-state index in [2.05, 4.69) is 15.3 Å². The molecule has 0 bridgehead atoms. The van der Waals surface area contributed by atoms with Crippen LogP contribution in [-0.4, -0.2) is 60.0 Å². The molecule has 0 radical (unpaired) electrons. The van der Waals surface area contributed by atoms with Crippen molar-refractivity contribution in [3.05, 3.63) is 28.2 Å². The van der Waals surface area contributed by atoms with Gasteiger partial charge in [-0.2, -0.15) is 5.10 Å². The molecule has 0 unspecified atom stereocenters. The Morgan fingerprint density at radius 3 is 2.91 bits per heavy atom. The van der Waals surface area contributed by atoms with E-state index in [0.29, 0.717) is 12.2 Å². The van der Waals surface area contributed by atoms with E-state index >= 15 is 0 Å². The average molecular weight is 355 g/mol. The molecule has 1 aliphatic heterocycles. The quantitative estimate of drug-likeness (QED) is 0.890. The van der Waals surface area contributed by atoms with E-state index in [9.17, 15) is 4.79 Å². The van der Waals surface area contributed by atoms with Crippen LogP contribution in [0.5, 0.6) is 0 Å². The van der Waals surface area contributed by atoms with Crippen molar-refractivity contribution in [2.75, 3.05) is 39.4 Å². The van der Waals surface area contributed by atoms with Gasteiger partial charge in [0, 0.05) is 33.2 Å². The van der Waals surface area contributed by atoms with Gasteiger partial charge in [-0.1, -0.05) is 11.6 Å². The van der Waals surface area contributed by atoms with E-state index < -0.39 is 0 Å². The van der Waals surface area contributed by atoms with Gasteiger partial charge in [0.2, 0.25) is 0 Å². The lowest BCUT2D eigenvalue weighted by atomic mass is 10.3. The van der Waals surface area contributed by atoms with Crippen molar-refractivity contribution in [3.63, 3.8) is 0 Å². The Labute approximate surface area is 144 Å². The van der Waals surface area contributed by atoms with Gasteiger partial charge < -0.3 is 10.1 Å². The highest BCUT2D eigenvalue weighted by molar-refractivity contribution is 7.19. The number of carbonyl (C=O) groups is 1. The highest BCUT2D eigenvalue weighted by atomic mass is 35.5. The van der Waals surface area contributed by atoms with Gasteiger partial charge in [-0.15, -0.1) is 11.3 Å². The van der Waals surface area contributed by atoms with Crippen LogP contribution in [0.25, 0.3) is 10.6 Å². The standard InChI is InChI=1S/C15H19ClN4O2S/c1-19-12(13-2-3-14(16)23-13)10-11(18-19)15(21)17-4-5-20-6-8-22-9-7-20/h2-3,10H,4-9H2,1H3,(H,17,21). The summed E-state index contributed by atoms with van der Waals surface area (Å²) in [6, 6.07) is 5.58. The van der Waals surface area contributed by atoms with Crippen molar-refractivity contribution in [2.45, 2.75) is 0 Å². The third-order valence-electron chi connectivity index (χ3n) is 3.76. The van der Waals surface area contributed by atoms with Crippen molar-refractivity contribution >= 4 is 28.8 Å². The zero-order valence-electron chi connectivity index (χ0n) is 12.9. The zero-order valence-corrected chi connectivity index (χ0v) is 14.5. The van der Waals surface area contributed by atoms with Crippen LogP contribution in [0.2, 0.25) is 4.34 Å². The maximum Gasteiger partial charge on any atom is 0.271 e. The Morgan fingerprint density at radius 1 is 1.43 bits per heavy atom. The highest BCUT2D eigenvalue weighted by Gasteiger charge is 2.16. The molecule has 0 atom stereocenters. The number of nitrogens with zero attached hydrogens (tertiary/aromatic N) is 3. The molecule has 0 aliphatic carbocycles. The molecule has 0 spiro atoms. The number of aryl methyl sites for hydroxylation is 1. The minimum Gasteiger partial charge on any atom is -0.379 e. The van der Waals surface area contributed by atoms with Gasteiger partial charge in [0.15, 0.2) is 5.69 Å². The number of rotatable bonds is 5. The van der Waals surface area contributed by atoms with Crippen LogP contribution in [0.15, 0.2) is 18.2 Å². The summed E-state index contributed by atoms with van der Waals surface area (Å²) in [5.41, 5.74) is 1.31. The first-order chi connectivity index (χ1) is 11.1. The van der Waals surface area contributed by atoms with Crippen molar-refractivity contribution in [1.29, 1.82) is 0 Å². The fraction of sp³-hybridized carbons (Fsp3) is 0.467. The number of ether oxygens (including phenoxy) is 1. The second-order valence-corrected chi connectivity index (χ2v) is 7.07. The molecule has 6 nitrogen and oxygen atoms in total. The van der Waals surface area contributed by atoms with E-state index in [1.807, 2.05) is 19.2 Å². The number of carbonyl (C=O) groups excluding carboxylic acids is 1. The van der Waals surface area contributed by atoms with Crippen LogP contribution in [-0.2, 0) is 11.8 Å². The summed E-state index contributed by atoms with van der Waals surface area (Å²) in [6.45, 7) is 4.80. The molecule has 23 heavy (non-hydrogen) atoms. The van der Waals surface area contributed by atoms with E-state index in [1.165, 1.54) is 11.3 Å². The maximum atomic E-state index is 12.2. The van der Waals surface area contributed by atoms with Gasteiger partial charge in [0.1, 0.15) is 0 Å². The van der Waals surface area contributed by atoms with Crippen LogP contribution < -0.4 is 5.32 Å². The molecule has 1 saturated heterocycles. The SMILES string of the molecule is Cn1nc(C(=O)NCCN2CCOCC2)cc1-c1ccc(Cl)s1. The first kappa shape index (κ1) is 16.4. The Bertz CT molecular complexity index is 679. The van der Waals surface area contributed by atoms with Crippen LogP contribution in [0.4, 0.5) is 0 Å². The molecule has 1 fully saturated rings. The number of aromatic nitrogens is 2. The topological polar surface area (TPSA) is 59.4 Å². The van der Waals surface area contributed by atoms with Crippen LogP contribution in [0, 0.1) is 0 Å². The third-order valence-corrected chi connectivity index (χ3v) is 5.01. The monoisotopic (exact) mass is 354 g/mol. The first-order valence-corrected chi connectivity index (χ1v) is 8.71. The van der Waals surface area contributed by atoms with Crippen molar-refractivity contribution in [3.8, 4) is 10.6 Å². The lowest BCUT2D eigenvalue weighted by Crippen LogP contribution is -2.41. The first-order valence-electron chi connectivity index (χ1n) is 7.51. The molecule has 0 aromatic carbocycles. The van der Waals surface area contributed by atoms with Gasteiger partial charge in [-0.05, 0) is 18.2 Å². The fourth-order valence-electron chi connectivity index (χ4n) is 2.50. The minimum absolute atomic E-state index is 0.150. The number of hydrogen-bond donors (Lipinski definition) is 1. The predicted octanol–water partition coefficient (Wildman–Crippen LogP) is 1.86. The lowest BCUT2D eigenvalue weighted by molar-refractivity contribution is 0.0383. The van der Waals surface area contributed by atoms with Crippen LogP contribution in [0.3, 0.4) is 0 Å².